The van der Waals surface area contributed by atoms with E-state index in [9.17, 15) is 9.59 Å². The van der Waals surface area contributed by atoms with E-state index in [1.54, 1.807) is 38.5 Å². The number of anilines is 2. The Kier molecular flexibility index (Phi) is 6.41. The molecule has 1 unspecified atom stereocenters. The Labute approximate surface area is 190 Å². The van der Waals surface area contributed by atoms with Gasteiger partial charge >= 0.3 is 0 Å². The normalized spacial score (nSPS) is 14.9. The van der Waals surface area contributed by atoms with Gasteiger partial charge in [0.15, 0.2) is 5.13 Å². The molecule has 4 rings (SSSR count). The van der Waals surface area contributed by atoms with Crippen molar-refractivity contribution < 1.29 is 19.1 Å². The van der Waals surface area contributed by atoms with Crippen molar-refractivity contribution in [1.82, 2.24) is 4.98 Å². The summed E-state index contributed by atoms with van der Waals surface area (Å²) >= 11 is 1.43. The number of hydrogen-bond donors (Lipinski definition) is 2. The number of nitrogens with zero attached hydrogens (tertiary/aromatic N) is 1. The third-order valence-corrected chi connectivity index (χ3v) is 6.50. The molecule has 2 amide bonds. The SMILES string of the molecule is COc1ccc(C(=O)Nc2nc3c(s2)CCCC3C(=O)Nc2cc(C)ccc2OC)cc1. The minimum absolute atomic E-state index is 0.117. The number of fused-ring (bicyclic) bond motifs is 1. The van der Waals surface area contributed by atoms with Crippen LogP contribution in [0.2, 0.25) is 0 Å². The zero-order chi connectivity index (χ0) is 22.7. The summed E-state index contributed by atoms with van der Waals surface area (Å²) in [7, 11) is 3.16. The number of nitrogens with one attached hydrogen (secondary N) is 2. The van der Waals surface area contributed by atoms with Gasteiger partial charge in [0.05, 0.1) is 31.5 Å². The van der Waals surface area contributed by atoms with E-state index in [1.807, 2.05) is 25.1 Å². The fourth-order valence-electron chi connectivity index (χ4n) is 3.78. The first kappa shape index (κ1) is 21.8. The minimum atomic E-state index is -0.369. The van der Waals surface area contributed by atoms with Crippen LogP contribution in [0.25, 0.3) is 0 Å². The third kappa shape index (κ3) is 4.60. The van der Waals surface area contributed by atoms with E-state index in [0.717, 1.165) is 29.0 Å². The van der Waals surface area contributed by atoms with Gasteiger partial charge in [-0.05, 0) is 68.1 Å². The number of hydrogen-bond acceptors (Lipinski definition) is 6. The molecule has 1 aliphatic rings. The van der Waals surface area contributed by atoms with Gasteiger partial charge in [0.2, 0.25) is 5.91 Å². The highest BCUT2D eigenvalue weighted by molar-refractivity contribution is 7.16. The maximum absolute atomic E-state index is 13.1. The Balaban J connectivity index is 1.51. The van der Waals surface area contributed by atoms with Crippen molar-refractivity contribution in [2.75, 3.05) is 24.9 Å². The van der Waals surface area contributed by atoms with Gasteiger partial charge in [-0.1, -0.05) is 6.07 Å². The largest absolute Gasteiger partial charge is 0.497 e. The minimum Gasteiger partial charge on any atom is -0.497 e. The first-order valence-electron chi connectivity index (χ1n) is 10.4. The highest BCUT2D eigenvalue weighted by Gasteiger charge is 2.31. The molecule has 0 spiro atoms. The summed E-state index contributed by atoms with van der Waals surface area (Å²) in [4.78, 5) is 31.4. The van der Waals surface area contributed by atoms with Crippen LogP contribution in [0, 0.1) is 6.92 Å². The molecule has 7 nitrogen and oxygen atoms in total. The van der Waals surface area contributed by atoms with Crippen LogP contribution in [-0.4, -0.2) is 31.0 Å². The van der Waals surface area contributed by atoms with Crippen molar-refractivity contribution in [1.29, 1.82) is 0 Å². The topological polar surface area (TPSA) is 89.5 Å². The van der Waals surface area contributed by atoms with Crippen LogP contribution >= 0.6 is 11.3 Å². The molecule has 0 saturated carbocycles. The molecule has 1 aromatic heterocycles. The maximum Gasteiger partial charge on any atom is 0.257 e. The molecule has 2 N–H and O–H groups in total. The number of aromatic nitrogens is 1. The molecule has 166 valence electrons. The van der Waals surface area contributed by atoms with Gasteiger partial charge < -0.3 is 14.8 Å². The molecule has 1 atom stereocenters. The Morgan fingerprint density at radius 2 is 1.84 bits per heavy atom. The van der Waals surface area contributed by atoms with Gasteiger partial charge in [0.25, 0.3) is 5.91 Å². The number of benzene rings is 2. The number of carbonyl (C=O) groups is 2. The molecule has 0 fully saturated rings. The lowest BCUT2D eigenvalue weighted by Gasteiger charge is -2.21. The summed E-state index contributed by atoms with van der Waals surface area (Å²) in [6, 6.07) is 12.5. The van der Waals surface area contributed by atoms with Crippen molar-refractivity contribution in [3.63, 3.8) is 0 Å². The lowest BCUT2D eigenvalue weighted by Crippen LogP contribution is -2.25. The lowest BCUT2D eigenvalue weighted by atomic mass is 9.90. The van der Waals surface area contributed by atoms with Crippen LogP contribution < -0.4 is 20.1 Å². The van der Waals surface area contributed by atoms with Crippen molar-refractivity contribution in [2.24, 2.45) is 0 Å². The van der Waals surface area contributed by atoms with E-state index >= 15 is 0 Å². The number of carbonyl (C=O) groups excluding carboxylic acids is 2. The van der Waals surface area contributed by atoms with Gasteiger partial charge in [-0.25, -0.2) is 4.98 Å². The molecule has 0 radical (unpaired) electrons. The quantitative estimate of drug-likeness (QED) is 0.563. The van der Waals surface area contributed by atoms with Crippen LogP contribution in [0.15, 0.2) is 42.5 Å². The molecular weight excluding hydrogens is 426 g/mol. The van der Waals surface area contributed by atoms with E-state index in [1.165, 1.54) is 11.3 Å². The van der Waals surface area contributed by atoms with E-state index in [4.69, 9.17) is 9.47 Å². The van der Waals surface area contributed by atoms with E-state index in [0.29, 0.717) is 34.3 Å². The number of aryl methyl sites for hydroxylation is 2. The molecule has 3 aromatic rings. The maximum atomic E-state index is 13.1. The fraction of sp³-hybridized carbons (Fsp3) is 0.292. The summed E-state index contributed by atoms with van der Waals surface area (Å²) in [5.74, 6) is 0.570. The van der Waals surface area contributed by atoms with E-state index < -0.39 is 0 Å². The highest BCUT2D eigenvalue weighted by atomic mass is 32.1. The van der Waals surface area contributed by atoms with Crippen molar-refractivity contribution in [3.8, 4) is 11.5 Å². The number of rotatable bonds is 6. The highest BCUT2D eigenvalue weighted by Crippen LogP contribution is 2.38. The second-order valence-corrected chi connectivity index (χ2v) is 8.73. The lowest BCUT2D eigenvalue weighted by molar-refractivity contribution is -0.118. The predicted molar refractivity (Wildman–Crippen MR) is 125 cm³/mol. The van der Waals surface area contributed by atoms with Crippen LogP contribution in [-0.2, 0) is 11.2 Å². The van der Waals surface area contributed by atoms with Crippen LogP contribution in [0.4, 0.5) is 10.8 Å². The Bertz CT molecular complexity index is 1140. The standard InChI is InChI=1S/C24H25N3O4S/c1-14-7-12-19(31-3)18(13-14)25-23(29)17-5-4-6-20-21(17)26-24(32-20)27-22(28)15-8-10-16(30-2)11-9-15/h7-13,17H,4-6H2,1-3H3,(H,25,29)(H,26,27,28). The summed E-state index contributed by atoms with van der Waals surface area (Å²) in [6.45, 7) is 1.96. The number of methoxy groups -OCH3 is 2. The Hall–Kier alpha value is -3.39. The number of amides is 2. The van der Waals surface area contributed by atoms with Crippen LogP contribution in [0.1, 0.15) is 45.3 Å². The first-order valence-corrected chi connectivity index (χ1v) is 11.2. The third-order valence-electron chi connectivity index (χ3n) is 5.46. The first-order chi connectivity index (χ1) is 15.5. The zero-order valence-corrected chi connectivity index (χ0v) is 19.0. The number of ether oxygens (including phenoxy) is 2. The van der Waals surface area contributed by atoms with Crippen molar-refractivity contribution >= 4 is 34.0 Å². The smallest absolute Gasteiger partial charge is 0.257 e. The Morgan fingerprint density at radius 1 is 1.06 bits per heavy atom. The van der Waals surface area contributed by atoms with Crippen LogP contribution in [0.3, 0.4) is 0 Å². The van der Waals surface area contributed by atoms with Crippen molar-refractivity contribution in [3.05, 3.63) is 64.2 Å². The molecule has 0 aliphatic heterocycles. The fourth-order valence-corrected chi connectivity index (χ4v) is 4.84. The Morgan fingerprint density at radius 3 is 2.56 bits per heavy atom. The van der Waals surface area contributed by atoms with Gasteiger partial charge in [0, 0.05) is 10.4 Å². The molecular formula is C24H25N3O4S. The monoisotopic (exact) mass is 451 g/mol. The summed E-state index contributed by atoms with van der Waals surface area (Å²) < 4.78 is 10.5. The second-order valence-electron chi connectivity index (χ2n) is 7.65. The van der Waals surface area contributed by atoms with Gasteiger partial charge in [-0.2, -0.15) is 0 Å². The zero-order valence-electron chi connectivity index (χ0n) is 18.2. The average Bonchev–Trinajstić information content (AvgIpc) is 3.21. The van der Waals surface area contributed by atoms with Crippen molar-refractivity contribution in [2.45, 2.75) is 32.1 Å². The van der Waals surface area contributed by atoms with E-state index in [2.05, 4.69) is 15.6 Å². The summed E-state index contributed by atoms with van der Waals surface area (Å²) in [5, 5.41) is 6.37. The molecule has 8 heteroatoms. The second kappa shape index (κ2) is 9.40. The summed E-state index contributed by atoms with van der Waals surface area (Å²) in [6.07, 6.45) is 2.45. The predicted octanol–water partition coefficient (Wildman–Crippen LogP) is 4.78. The molecule has 1 aliphatic carbocycles. The molecule has 0 bridgehead atoms. The molecule has 2 aromatic carbocycles. The van der Waals surface area contributed by atoms with Gasteiger partial charge in [-0.15, -0.1) is 11.3 Å². The average molecular weight is 452 g/mol. The summed E-state index contributed by atoms with van der Waals surface area (Å²) in [5.41, 5.74) is 2.94. The molecule has 0 saturated heterocycles. The van der Waals surface area contributed by atoms with E-state index in [-0.39, 0.29) is 17.7 Å². The number of thiazole rings is 1. The molecule has 1 heterocycles. The molecule has 32 heavy (non-hydrogen) atoms. The van der Waals surface area contributed by atoms with Gasteiger partial charge in [0.1, 0.15) is 11.5 Å². The van der Waals surface area contributed by atoms with Gasteiger partial charge in [-0.3, -0.25) is 14.9 Å². The van der Waals surface area contributed by atoms with Crippen LogP contribution in [0.5, 0.6) is 11.5 Å².